The van der Waals surface area contributed by atoms with Crippen LogP contribution in [0.3, 0.4) is 0 Å². The fourth-order valence-electron chi connectivity index (χ4n) is 2.92. The van der Waals surface area contributed by atoms with Crippen LogP contribution in [0, 0.1) is 17.5 Å². The molecule has 8 heteroatoms. The van der Waals surface area contributed by atoms with Crippen LogP contribution in [0.4, 0.5) is 18.9 Å². The molecule has 0 radical (unpaired) electrons. The molecule has 0 saturated heterocycles. The highest BCUT2D eigenvalue weighted by Gasteiger charge is 2.21. The summed E-state index contributed by atoms with van der Waals surface area (Å²) in [6.07, 6.45) is 2.02. The van der Waals surface area contributed by atoms with E-state index in [1.807, 2.05) is 6.07 Å². The molecular weight excluding hydrogens is 391 g/mol. The monoisotopic (exact) mass is 409 g/mol. The molecule has 0 fully saturated rings. The summed E-state index contributed by atoms with van der Waals surface area (Å²) in [6.45, 7) is 1.31. The quantitative estimate of drug-likeness (QED) is 0.440. The zero-order valence-electron chi connectivity index (χ0n) is 15.1. The molecule has 2 aromatic rings. The molecule has 1 atom stereocenters. The minimum atomic E-state index is -1.69. The maximum absolute atomic E-state index is 13.6. The second-order valence-corrected chi connectivity index (χ2v) is 7.47. The lowest BCUT2D eigenvalue weighted by atomic mass is 10.1. The van der Waals surface area contributed by atoms with Gasteiger partial charge in [-0.3, -0.25) is 9.59 Å². The van der Waals surface area contributed by atoms with Gasteiger partial charge < -0.3 is 10.1 Å². The van der Waals surface area contributed by atoms with Gasteiger partial charge in [0, 0.05) is 4.90 Å². The summed E-state index contributed by atoms with van der Waals surface area (Å²) in [5.74, 6) is -6.01. The number of amides is 1. The number of hydrogen-bond acceptors (Lipinski definition) is 4. The summed E-state index contributed by atoms with van der Waals surface area (Å²) in [6, 6.07) is 7.65. The number of carbonyl (C=O) groups is 2. The van der Waals surface area contributed by atoms with Gasteiger partial charge in [0.25, 0.3) is 5.91 Å². The first-order chi connectivity index (χ1) is 13.3. The first-order valence-electron chi connectivity index (χ1n) is 8.73. The van der Waals surface area contributed by atoms with E-state index in [1.165, 1.54) is 29.8 Å². The van der Waals surface area contributed by atoms with Gasteiger partial charge in [-0.25, -0.2) is 13.2 Å². The van der Waals surface area contributed by atoms with Gasteiger partial charge in [0.2, 0.25) is 0 Å². The van der Waals surface area contributed by atoms with Crippen LogP contribution in [0.1, 0.15) is 24.5 Å². The summed E-state index contributed by atoms with van der Waals surface area (Å²) in [5.41, 5.74) is 2.10. The fourth-order valence-corrected chi connectivity index (χ4v) is 3.66. The highest BCUT2D eigenvalue weighted by molar-refractivity contribution is 8.00. The first-order valence-corrected chi connectivity index (χ1v) is 9.72. The predicted octanol–water partition coefficient (Wildman–Crippen LogP) is 4.26. The van der Waals surface area contributed by atoms with Crippen LogP contribution < -0.4 is 5.32 Å². The van der Waals surface area contributed by atoms with E-state index < -0.39 is 41.1 Å². The Kier molecular flexibility index (Phi) is 6.28. The maximum atomic E-state index is 13.6. The fraction of sp³-hybridized carbons (Fsp3) is 0.300. The molecule has 148 valence electrons. The molecule has 28 heavy (non-hydrogen) atoms. The van der Waals surface area contributed by atoms with Crippen molar-refractivity contribution in [1.29, 1.82) is 0 Å². The van der Waals surface area contributed by atoms with Crippen LogP contribution >= 0.6 is 11.8 Å². The molecule has 0 spiro atoms. The second kappa shape index (κ2) is 8.68. The van der Waals surface area contributed by atoms with Crippen molar-refractivity contribution in [1.82, 2.24) is 0 Å². The van der Waals surface area contributed by atoms with Crippen molar-refractivity contribution in [2.75, 3.05) is 11.1 Å². The molecule has 0 aromatic heterocycles. The van der Waals surface area contributed by atoms with E-state index >= 15 is 0 Å². The van der Waals surface area contributed by atoms with Gasteiger partial charge in [0.05, 0.1) is 11.4 Å². The maximum Gasteiger partial charge on any atom is 0.317 e. The average Bonchev–Trinajstić information content (AvgIpc) is 3.14. The molecule has 1 N–H and O–H groups in total. The first kappa shape index (κ1) is 20.3. The molecule has 0 saturated carbocycles. The van der Waals surface area contributed by atoms with Gasteiger partial charge in [0.1, 0.15) is 0 Å². The van der Waals surface area contributed by atoms with E-state index in [1.54, 1.807) is 0 Å². The van der Waals surface area contributed by atoms with Crippen LogP contribution in [0.25, 0.3) is 0 Å². The summed E-state index contributed by atoms with van der Waals surface area (Å²) >= 11 is 1.30. The molecule has 1 aliphatic carbocycles. The van der Waals surface area contributed by atoms with Gasteiger partial charge in [-0.1, -0.05) is 6.07 Å². The van der Waals surface area contributed by atoms with Crippen LogP contribution in [-0.2, 0) is 27.2 Å². The molecule has 0 unspecified atom stereocenters. The zero-order valence-corrected chi connectivity index (χ0v) is 15.9. The number of nitrogens with one attached hydrogen (secondary N) is 1. The third kappa shape index (κ3) is 4.67. The Labute approximate surface area is 164 Å². The van der Waals surface area contributed by atoms with E-state index in [0.717, 1.165) is 30.2 Å². The van der Waals surface area contributed by atoms with Gasteiger partial charge in [-0.15, -0.1) is 11.8 Å². The van der Waals surface area contributed by atoms with Crippen LogP contribution in [0.2, 0.25) is 0 Å². The van der Waals surface area contributed by atoms with Crippen LogP contribution in [0.15, 0.2) is 35.2 Å². The van der Waals surface area contributed by atoms with Crippen LogP contribution in [-0.4, -0.2) is 23.7 Å². The summed E-state index contributed by atoms with van der Waals surface area (Å²) in [5, 5.41) is 2.08. The minimum absolute atomic E-state index is 0.00987. The highest BCUT2D eigenvalue weighted by Crippen LogP contribution is 2.27. The molecule has 1 amide bonds. The molecule has 2 aromatic carbocycles. The molecule has 4 nitrogen and oxygen atoms in total. The number of rotatable bonds is 6. The molecule has 0 bridgehead atoms. The van der Waals surface area contributed by atoms with Crippen molar-refractivity contribution >= 4 is 29.3 Å². The lowest BCUT2D eigenvalue weighted by Crippen LogP contribution is -2.31. The Morgan fingerprint density at radius 2 is 1.86 bits per heavy atom. The summed E-state index contributed by atoms with van der Waals surface area (Å²) < 4.78 is 44.8. The van der Waals surface area contributed by atoms with Crippen molar-refractivity contribution in [2.45, 2.75) is 37.2 Å². The Bertz CT molecular complexity index is 920. The third-order valence-corrected chi connectivity index (χ3v) is 5.36. The number of aryl methyl sites for hydroxylation is 2. The zero-order chi connectivity index (χ0) is 20.3. The van der Waals surface area contributed by atoms with Gasteiger partial charge in [-0.2, -0.15) is 0 Å². The van der Waals surface area contributed by atoms with E-state index in [0.29, 0.717) is 6.07 Å². The number of anilines is 1. The lowest BCUT2D eigenvalue weighted by molar-refractivity contribution is -0.150. The van der Waals surface area contributed by atoms with E-state index in [9.17, 15) is 22.8 Å². The topological polar surface area (TPSA) is 55.4 Å². The molecular formula is C20H18F3NO3S. The average molecular weight is 409 g/mol. The number of carbonyl (C=O) groups excluding carboxylic acids is 2. The summed E-state index contributed by atoms with van der Waals surface area (Å²) in [4.78, 5) is 24.9. The molecule has 3 rings (SSSR count). The van der Waals surface area contributed by atoms with Gasteiger partial charge >= 0.3 is 5.97 Å². The number of benzene rings is 2. The number of hydrogen-bond donors (Lipinski definition) is 1. The normalized spacial score (nSPS) is 13.7. The molecule has 0 heterocycles. The standard InChI is InChI=1S/C20H18F3NO3S/c1-11(20(26)24-16-8-7-15(21)18(22)19(16)23)27-17(25)10-28-14-6-5-12-3-2-4-13(12)9-14/h5-9,11H,2-4,10H2,1H3,(H,24,26)/t11-/m0/s1. The van der Waals surface area contributed by atoms with E-state index in [2.05, 4.69) is 17.4 Å². The number of esters is 1. The van der Waals surface area contributed by atoms with Crippen LogP contribution in [0.5, 0.6) is 0 Å². The van der Waals surface area contributed by atoms with Crippen molar-refractivity contribution in [3.8, 4) is 0 Å². The number of ether oxygens (including phenoxy) is 1. The van der Waals surface area contributed by atoms with Crippen molar-refractivity contribution < 1.29 is 27.5 Å². The molecule has 1 aliphatic rings. The highest BCUT2D eigenvalue weighted by atomic mass is 32.2. The lowest BCUT2D eigenvalue weighted by Gasteiger charge is -2.14. The van der Waals surface area contributed by atoms with Gasteiger partial charge in [-0.05, 0) is 61.6 Å². The Morgan fingerprint density at radius 1 is 1.11 bits per heavy atom. The Morgan fingerprint density at radius 3 is 2.64 bits per heavy atom. The number of halogens is 3. The second-order valence-electron chi connectivity index (χ2n) is 6.42. The Hall–Kier alpha value is -2.48. The largest absolute Gasteiger partial charge is 0.452 e. The predicted molar refractivity (Wildman–Crippen MR) is 99.7 cm³/mol. The van der Waals surface area contributed by atoms with Crippen molar-refractivity contribution in [3.05, 3.63) is 58.9 Å². The minimum Gasteiger partial charge on any atom is -0.452 e. The number of thioether (sulfide) groups is 1. The van der Waals surface area contributed by atoms with Crippen molar-refractivity contribution in [3.63, 3.8) is 0 Å². The summed E-state index contributed by atoms with van der Waals surface area (Å²) in [7, 11) is 0. The van der Waals surface area contributed by atoms with Gasteiger partial charge in [0.15, 0.2) is 23.6 Å². The smallest absolute Gasteiger partial charge is 0.317 e. The molecule has 0 aliphatic heterocycles. The van der Waals surface area contributed by atoms with E-state index in [4.69, 9.17) is 4.74 Å². The Balaban J connectivity index is 1.51. The third-order valence-electron chi connectivity index (χ3n) is 4.40. The number of fused-ring (bicyclic) bond motifs is 1. The van der Waals surface area contributed by atoms with Crippen molar-refractivity contribution in [2.24, 2.45) is 0 Å². The van der Waals surface area contributed by atoms with E-state index in [-0.39, 0.29) is 5.75 Å². The SMILES string of the molecule is C[C@H](OC(=O)CSc1ccc2c(c1)CCC2)C(=O)Nc1ccc(F)c(F)c1F.